The molecule has 0 spiro atoms. The molecule has 164 valence electrons. The van der Waals surface area contributed by atoms with Crippen LogP contribution in [0.25, 0.3) is 22.3 Å². The van der Waals surface area contributed by atoms with Crippen LogP contribution < -0.4 is 4.90 Å². The molecule has 0 radical (unpaired) electrons. The number of pyridine rings is 1. The number of hydrogen-bond donors (Lipinski definition) is 1. The Bertz CT molecular complexity index is 1370. The Kier molecular flexibility index (Phi) is 5.45. The van der Waals surface area contributed by atoms with Crippen molar-refractivity contribution in [1.82, 2.24) is 29.7 Å². The molecular formula is C24H23N9. The predicted octanol–water partition coefficient (Wildman–Crippen LogP) is 3.63. The molecule has 1 fully saturated rings. The number of nitrogens with zero attached hydrogens (tertiary/aromatic N) is 8. The summed E-state index contributed by atoms with van der Waals surface area (Å²) in [6.07, 6.45) is 11.0. The molecule has 0 saturated carbocycles. The molecule has 0 unspecified atom stereocenters. The highest BCUT2D eigenvalue weighted by Gasteiger charge is 2.33. The third kappa shape index (κ3) is 3.68. The van der Waals surface area contributed by atoms with E-state index < -0.39 is 0 Å². The molecule has 1 N–H and O–H groups in total. The largest absolute Gasteiger partial charge is 0.355 e. The molecule has 9 nitrogen and oxygen atoms in total. The van der Waals surface area contributed by atoms with Crippen molar-refractivity contribution >= 4 is 16.9 Å². The minimum Gasteiger partial charge on any atom is -0.355 e. The maximum absolute atomic E-state index is 9.71. The number of fused-ring (bicyclic) bond motifs is 1. The van der Waals surface area contributed by atoms with Gasteiger partial charge >= 0.3 is 0 Å². The lowest BCUT2D eigenvalue weighted by atomic mass is 9.96. The Morgan fingerprint density at radius 1 is 1.24 bits per heavy atom. The van der Waals surface area contributed by atoms with Gasteiger partial charge in [0.25, 0.3) is 0 Å². The standard InChI is InChI=1S/C24H23N9/c1-2-16-4-8-28-24(20(16)11-26)32-10-6-17(13-32)21(3-7-25)33-14-18(12-31-33)22-19-5-9-27-23(19)30-15-29-22/h4-5,8-9,12,14-15,17,21H,2-3,6,10,13H2,1H3,(H,27,29,30)/t17-,21-/m0/s1. The minimum absolute atomic E-state index is 0.0720. The summed E-state index contributed by atoms with van der Waals surface area (Å²) in [6.45, 7) is 3.57. The summed E-state index contributed by atoms with van der Waals surface area (Å²) in [5, 5.41) is 24.8. The predicted molar refractivity (Wildman–Crippen MR) is 123 cm³/mol. The first-order valence-corrected chi connectivity index (χ1v) is 11.1. The molecule has 0 aromatic carbocycles. The van der Waals surface area contributed by atoms with Gasteiger partial charge in [0.05, 0.1) is 36.0 Å². The van der Waals surface area contributed by atoms with Gasteiger partial charge < -0.3 is 9.88 Å². The second kappa shape index (κ2) is 8.71. The van der Waals surface area contributed by atoms with E-state index in [0.29, 0.717) is 12.0 Å². The van der Waals surface area contributed by atoms with Crippen molar-refractivity contribution in [2.24, 2.45) is 5.92 Å². The molecule has 0 aliphatic carbocycles. The molecule has 0 amide bonds. The van der Waals surface area contributed by atoms with Crippen molar-refractivity contribution in [3.63, 3.8) is 0 Å². The first-order chi connectivity index (χ1) is 16.2. The lowest BCUT2D eigenvalue weighted by molar-refractivity contribution is 0.332. The van der Waals surface area contributed by atoms with E-state index in [1.165, 1.54) is 6.33 Å². The van der Waals surface area contributed by atoms with Gasteiger partial charge in [0, 0.05) is 48.5 Å². The van der Waals surface area contributed by atoms with Crippen LogP contribution in [-0.2, 0) is 6.42 Å². The third-order valence-electron chi connectivity index (χ3n) is 6.45. The lowest BCUT2D eigenvalue weighted by Gasteiger charge is -2.23. The summed E-state index contributed by atoms with van der Waals surface area (Å²) in [5.74, 6) is 0.959. The van der Waals surface area contributed by atoms with Crippen LogP contribution >= 0.6 is 0 Å². The Hall–Kier alpha value is -4.24. The number of hydrogen-bond acceptors (Lipinski definition) is 7. The molecule has 2 atom stereocenters. The van der Waals surface area contributed by atoms with E-state index >= 15 is 0 Å². The zero-order chi connectivity index (χ0) is 22.8. The van der Waals surface area contributed by atoms with Crippen molar-refractivity contribution in [3.05, 3.63) is 54.4 Å². The fourth-order valence-electron chi connectivity index (χ4n) is 4.75. The number of aryl methyl sites for hydroxylation is 1. The zero-order valence-electron chi connectivity index (χ0n) is 18.3. The molecule has 5 heterocycles. The second-order valence-electron chi connectivity index (χ2n) is 8.23. The van der Waals surface area contributed by atoms with E-state index in [4.69, 9.17) is 0 Å². The number of aromatic nitrogens is 6. The van der Waals surface area contributed by atoms with Crippen LogP contribution in [0.3, 0.4) is 0 Å². The first kappa shape index (κ1) is 20.7. The normalized spacial score (nSPS) is 16.6. The van der Waals surface area contributed by atoms with E-state index in [2.05, 4.69) is 42.1 Å². The SMILES string of the molecule is CCc1ccnc(N2CC[C@H]([C@H](CC#N)n3cc(-c4ncnc5[nH]ccc45)cn3)C2)c1C#N. The van der Waals surface area contributed by atoms with Gasteiger partial charge in [-0.15, -0.1) is 0 Å². The highest BCUT2D eigenvalue weighted by atomic mass is 15.3. The molecule has 1 saturated heterocycles. The Balaban J connectivity index is 1.42. The smallest absolute Gasteiger partial charge is 0.146 e. The summed E-state index contributed by atoms with van der Waals surface area (Å²) in [7, 11) is 0. The van der Waals surface area contributed by atoms with Crippen molar-refractivity contribution in [2.45, 2.75) is 32.2 Å². The van der Waals surface area contributed by atoms with Crippen molar-refractivity contribution < 1.29 is 0 Å². The number of aromatic amines is 1. The van der Waals surface area contributed by atoms with E-state index in [9.17, 15) is 10.5 Å². The van der Waals surface area contributed by atoms with Crippen molar-refractivity contribution in [3.8, 4) is 23.4 Å². The molecular weight excluding hydrogens is 414 g/mol. The van der Waals surface area contributed by atoms with Gasteiger partial charge in [-0.2, -0.15) is 15.6 Å². The maximum Gasteiger partial charge on any atom is 0.146 e. The summed E-state index contributed by atoms with van der Waals surface area (Å²) in [5.41, 5.74) is 4.15. The molecule has 4 aromatic rings. The van der Waals surface area contributed by atoms with Crippen LogP contribution in [0.1, 0.15) is 36.9 Å². The number of anilines is 1. The molecule has 1 aliphatic rings. The number of rotatable bonds is 6. The highest BCUT2D eigenvalue weighted by molar-refractivity contribution is 5.89. The minimum atomic E-state index is -0.0720. The second-order valence-corrected chi connectivity index (χ2v) is 8.23. The Morgan fingerprint density at radius 2 is 2.15 bits per heavy atom. The topological polar surface area (TPSA) is 123 Å². The third-order valence-corrected chi connectivity index (χ3v) is 6.45. The van der Waals surface area contributed by atoms with Crippen LogP contribution in [0.15, 0.2) is 43.2 Å². The summed E-state index contributed by atoms with van der Waals surface area (Å²) < 4.78 is 1.90. The van der Waals surface area contributed by atoms with Gasteiger partial charge in [0.2, 0.25) is 0 Å². The van der Waals surface area contributed by atoms with Crippen molar-refractivity contribution in [1.29, 1.82) is 10.5 Å². The summed E-state index contributed by atoms with van der Waals surface area (Å²) in [4.78, 5) is 18.5. The lowest BCUT2D eigenvalue weighted by Crippen LogP contribution is -2.26. The monoisotopic (exact) mass is 437 g/mol. The number of nitrogens with one attached hydrogen (secondary N) is 1. The fraction of sp³-hybridized carbons (Fsp3) is 0.333. The maximum atomic E-state index is 9.71. The van der Waals surface area contributed by atoms with Gasteiger partial charge in [-0.25, -0.2) is 15.0 Å². The van der Waals surface area contributed by atoms with Gasteiger partial charge in [0.1, 0.15) is 23.9 Å². The quantitative estimate of drug-likeness (QED) is 0.488. The van der Waals surface area contributed by atoms with Gasteiger partial charge in [0.15, 0.2) is 0 Å². The van der Waals surface area contributed by atoms with E-state index in [0.717, 1.165) is 59.6 Å². The van der Waals surface area contributed by atoms with E-state index in [1.807, 2.05) is 36.1 Å². The Labute approximate surface area is 191 Å². The molecule has 1 aliphatic heterocycles. The Morgan fingerprint density at radius 3 is 2.97 bits per heavy atom. The molecule has 9 heteroatoms. The molecule has 33 heavy (non-hydrogen) atoms. The zero-order valence-corrected chi connectivity index (χ0v) is 18.3. The van der Waals surface area contributed by atoms with E-state index in [-0.39, 0.29) is 12.0 Å². The van der Waals surface area contributed by atoms with Crippen molar-refractivity contribution in [2.75, 3.05) is 18.0 Å². The summed E-state index contributed by atoms with van der Waals surface area (Å²) in [6, 6.07) is 8.46. The van der Waals surface area contributed by atoms with Crippen LogP contribution in [0.5, 0.6) is 0 Å². The fourth-order valence-corrected chi connectivity index (χ4v) is 4.75. The number of nitriles is 2. The first-order valence-electron chi connectivity index (χ1n) is 11.1. The van der Waals surface area contributed by atoms with E-state index in [1.54, 1.807) is 12.4 Å². The van der Waals surface area contributed by atoms with Crippen LogP contribution in [0, 0.1) is 28.6 Å². The van der Waals surface area contributed by atoms with Gasteiger partial charge in [-0.1, -0.05) is 6.92 Å². The van der Waals surface area contributed by atoms with Gasteiger partial charge in [-0.3, -0.25) is 4.68 Å². The molecule has 5 rings (SSSR count). The van der Waals surface area contributed by atoms with Crippen LogP contribution in [-0.4, -0.2) is 42.8 Å². The molecule has 4 aromatic heterocycles. The average molecular weight is 438 g/mol. The van der Waals surface area contributed by atoms with Crippen LogP contribution in [0.2, 0.25) is 0 Å². The highest BCUT2D eigenvalue weighted by Crippen LogP contribution is 2.35. The van der Waals surface area contributed by atoms with Gasteiger partial charge in [-0.05, 0) is 30.5 Å². The molecule has 0 bridgehead atoms. The average Bonchev–Trinajstić information content (AvgIpc) is 3.62. The van der Waals surface area contributed by atoms with Crippen LogP contribution in [0.4, 0.5) is 5.82 Å². The number of H-pyrrole nitrogens is 1. The summed E-state index contributed by atoms with van der Waals surface area (Å²) >= 11 is 0.